The Labute approximate surface area is 145 Å². The molecule has 0 aliphatic carbocycles. The summed E-state index contributed by atoms with van der Waals surface area (Å²) in [4.78, 5) is 16.8. The molecule has 1 aliphatic rings. The Kier molecular flexibility index (Phi) is 3.67. The van der Waals surface area contributed by atoms with E-state index < -0.39 is 0 Å². The molecule has 1 amide bonds. The van der Waals surface area contributed by atoms with Crippen LogP contribution in [0.2, 0.25) is 0 Å². The summed E-state index contributed by atoms with van der Waals surface area (Å²) in [6, 6.07) is 18.9. The van der Waals surface area contributed by atoms with Crippen molar-refractivity contribution in [3.8, 4) is 0 Å². The zero-order valence-corrected chi connectivity index (χ0v) is 13.4. The first kappa shape index (κ1) is 15.0. The van der Waals surface area contributed by atoms with Gasteiger partial charge in [0.15, 0.2) is 0 Å². The number of nitrogens with zero attached hydrogens (tertiary/aromatic N) is 1. The fourth-order valence-electron chi connectivity index (χ4n) is 2.90. The minimum Gasteiger partial charge on any atom is -0.399 e. The average Bonchev–Trinajstić information content (AvgIpc) is 2.96. The molecule has 5 nitrogen and oxygen atoms in total. The van der Waals surface area contributed by atoms with Crippen LogP contribution in [0.3, 0.4) is 0 Å². The largest absolute Gasteiger partial charge is 0.399 e. The van der Waals surface area contributed by atoms with E-state index in [-0.39, 0.29) is 5.91 Å². The van der Waals surface area contributed by atoms with Crippen LogP contribution >= 0.6 is 0 Å². The van der Waals surface area contributed by atoms with Crippen LogP contribution in [0.1, 0.15) is 11.1 Å². The molecule has 0 fully saturated rings. The number of carbonyl (C=O) groups excluding carboxylic acids is 1. The van der Waals surface area contributed by atoms with Gasteiger partial charge in [-0.3, -0.25) is 9.78 Å². The lowest BCUT2D eigenvalue weighted by molar-refractivity contribution is -0.110. The highest BCUT2D eigenvalue weighted by Gasteiger charge is 2.28. The molecular formula is C20H16N4O. The van der Waals surface area contributed by atoms with E-state index in [0.29, 0.717) is 11.3 Å². The number of hydrogen-bond donors (Lipinski definition) is 3. The van der Waals surface area contributed by atoms with Gasteiger partial charge < -0.3 is 16.4 Å². The minimum atomic E-state index is -0.157. The summed E-state index contributed by atoms with van der Waals surface area (Å²) >= 11 is 0. The summed E-state index contributed by atoms with van der Waals surface area (Å²) in [5.74, 6) is -0.157. The molecule has 0 saturated heterocycles. The van der Waals surface area contributed by atoms with Gasteiger partial charge in [0.1, 0.15) is 0 Å². The maximum Gasteiger partial charge on any atom is 0.258 e. The van der Waals surface area contributed by atoms with E-state index in [2.05, 4.69) is 15.6 Å². The number of pyridine rings is 1. The molecule has 2 heterocycles. The number of nitrogen functional groups attached to an aromatic ring is 1. The molecule has 0 spiro atoms. The molecule has 5 heteroatoms. The molecule has 1 aromatic heterocycles. The molecule has 4 rings (SSSR count). The van der Waals surface area contributed by atoms with Crippen molar-refractivity contribution >= 4 is 34.2 Å². The molecule has 2 aromatic carbocycles. The Morgan fingerprint density at radius 1 is 1.04 bits per heavy atom. The average molecular weight is 328 g/mol. The summed E-state index contributed by atoms with van der Waals surface area (Å²) in [6.07, 6.45) is 3.43. The number of fused-ring (bicyclic) bond motifs is 1. The number of rotatable bonds is 3. The molecule has 0 radical (unpaired) electrons. The van der Waals surface area contributed by atoms with Crippen LogP contribution in [0, 0.1) is 0 Å². The number of anilines is 3. The highest BCUT2D eigenvalue weighted by atomic mass is 16.2. The molecule has 0 saturated carbocycles. The van der Waals surface area contributed by atoms with Crippen LogP contribution in [0.15, 0.2) is 73.1 Å². The standard InChI is InChI=1S/C20H16N4O/c21-14-8-9-17-16(11-14)18(20(25)24-17)19(13-5-2-1-3-6-13)23-15-7-4-10-22-12-15/h1-12,23H,21H2,(H,24,25)/b19-18-. The third kappa shape index (κ3) is 2.83. The van der Waals surface area contributed by atoms with Crippen molar-refractivity contribution in [3.05, 3.63) is 84.2 Å². The van der Waals surface area contributed by atoms with E-state index in [1.54, 1.807) is 18.5 Å². The first-order valence-corrected chi connectivity index (χ1v) is 7.90. The Morgan fingerprint density at radius 3 is 2.64 bits per heavy atom. The SMILES string of the molecule is Nc1ccc2c(c1)/C(=C(/Nc1cccnc1)c1ccccc1)C(=O)N2. The van der Waals surface area contributed by atoms with Crippen molar-refractivity contribution in [2.24, 2.45) is 0 Å². The first-order valence-electron chi connectivity index (χ1n) is 7.90. The van der Waals surface area contributed by atoms with Crippen molar-refractivity contribution in [2.75, 3.05) is 16.4 Å². The topological polar surface area (TPSA) is 80.0 Å². The van der Waals surface area contributed by atoms with Gasteiger partial charge in [-0.1, -0.05) is 30.3 Å². The second-order valence-electron chi connectivity index (χ2n) is 5.74. The van der Waals surface area contributed by atoms with Crippen LogP contribution in [-0.4, -0.2) is 10.9 Å². The fraction of sp³-hybridized carbons (Fsp3) is 0. The van der Waals surface area contributed by atoms with Crippen molar-refractivity contribution in [1.29, 1.82) is 0 Å². The Hall–Kier alpha value is -3.60. The number of aromatic nitrogens is 1. The van der Waals surface area contributed by atoms with Crippen LogP contribution in [0.4, 0.5) is 17.1 Å². The minimum absolute atomic E-state index is 0.157. The molecule has 122 valence electrons. The van der Waals surface area contributed by atoms with Gasteiger partial charge in [0.05, 0.1) is 23.2 Å². The number of hydrogen-bond acceptors (Lipinski definition) is 4. The molecule has 0 bridgehead atoms. The number of nitrogens with one attached hydrogen (secondary N) is 2. The lowest BCUT2D eigenvalue weighted by atomic mass is 9.99. The number of benzene rings is 2. The second kappa shape index (κ2) is 6.13. The number of nitrogens with two attached hydrogens (primary N) is 1. The van der Waals surface area contributed by atoms with E-state index in [4.69, 9.17) is 5.73 Å². The summed E-state index contributed by atoms with van der Waals surface area (Å²) in [7, 11) is 0. The van der Waals surface area contributed by atoms with Gasteiger partial charge in [-0.25, -0.2) is 0 Å². The summed E-state index contributed by atoms with van der Waals surface area (Å²) in [5, 5.41) is 6.25. The van der Waals surface area contributed by atoms with Gasteiger partial charge in [0.25, 0.3) is 5.91 Å². The third-order valence-electron chi connectivity index (χ3n) is 4.03. The van der Waals surface area contributed by atoms with Gasteiger partial charge in [-0.2, -0.15) is 0 Å². The molecule has 0 atom stereocenters. The predicted molar refractivity (Wildman–Crippen MR) is 101 cm³/mol. The van der Waals surface area contributed by atoms with Gasteiger partial charge in [-0.15, -0.1) is 0 Å². The lowest BCUT2D eigenvalue weighted by Crippen LogP contribution is -2.10. The zero-order valence-electron chi connectivity index (χ0n) is 13.4. The van der Waals surface area contributed by atoms with Crippen LogP contribution in [-0.2, 0) is 4.79 Å². The summed E-state index contributed by atoms with van der Waals surface area (Å²) < 4.78 is 0. The van der Waals surface area contributed by atoms with Gasteiger partial charge in [0, 0.05) is 23.1 Å². The first-order chi connectivity index (χ1) is 12.2. The smallest absolute Gasteiger partial charge is 0.258 e. The quantitative estimate of drug-likeness (QED) is 0.507. The molecule has 3 aromatic rings. The van der Waals surface area contributed by atoms with Crippen molar-refractivity contribution in [2.45, 2.75) is 0 Å². The highest BCUT2D eigenvalue weighted by molar-refractivity contribution is 6.37. The number of amides is 1. The van der Waals surface area contributed by atoms with Crippen LogP contribution < -0.4 is 16.4 Å². The maximum atomic E-state index is 12.7. The van der Waals surface area contributed by atoms with Crippen molar-refractivity contribution in [3.63, 3.8) is 0 Å². The van der Waals surface area contributed by atoms with Gasteiger partial charge in [0.2, 0.25) is 0 Å². The molecular weight excluding hydrogens is 312 g/mol. The van der Waals surface area contributed by atoms with Crippen molar-refractivity contribution < 1.29 is 4.79 Å². The van der Waals surface area contributed by atoms with E-state index >= 15 is 0 Å². The van der Waals surface area contributed by atoms with Gasteiger partial charge in [-0.05, 0) is 35.9 Å². The Morgan fingerprint density at radius 2 is 1.88 bits per heavy atom. The monoisotopic (exact) mass is 328 g/mol. The van der Waals surface area contributed by atoms with Crippen LogP contribution in [0.5, 0.6) is 0 Å². The Bertz CT molecular complexity index is 966. The molecule has 25 heavy (non-hydrogen) atoms. The van der Waals surface area contributed by atoms with Crippen molar-refractivity contribution in [1.82, 2.24) is 4.98 Å². The van der Waals surface area contributed by atoms with E-state index in [1.807, 2.05) is 54.6 Å². The van der Waals surface area contributed by atoms with E-state index in [9.17, 15) is 4.79 Å². The fourth-order valence-corrected chi connectivity index (χ4v) is 2.90. The lowest BCUT2D eigenvalue weighted by Gasteiger charge is -2.14. The summed E-state index contributed by atoms with van der Waals surface area (Å²) in [6.45, 7) is 0. The number of carbonyl (C=O) groups is 1. The zero-order chi connectivity index (χ0) is 17.2. The summed E-state index contributed by atoms with van der Waals surface area (Å²) in [5.41, 5.74) is 11.1. The maximum absolute atomic E-state index is 12.7. The third-order valence-corrected chi connectivity index (χ3v) is 4.03. The van der Waals surface area contributed by atoms with Crippen LogP contribution in [0.25, 0.3) is 11.3 Å². The molecule has 0 unspecified atom stereocenters. The van der Waals surface area contributed by atoms with E-state index in [1.165, 1.54) is 0 Å². The molecule has 4 N–H and O–H groups in total. The van der Waals surface area contributed by atoms with Gasteiger partial charge >= 0.3 is 0 Å². The van der Waals surface area contributed by atoms with E-state index in [0.717, 1.165) is 28.2 Å². The highest BCUT2D eigenvalue weighted by Crippen LogP contribution is 2.38. The molecule has 1 aliphatic heterocycles. The normalized spacial score (nSPS) is 14.6. The Balaban J connectivity index is 1.93. The second-order valence-corrected chi connectivity index (χ2v) is 5.74. The predicted octanol–water partition coefficient (Wildman–Crippen LogP) is 3.60.